The highest BCUT2D eigenvalue weighted by molar-refractivity contribution is 7.99. The Hall–Kier alpha value is -1.89. The van der Waals surface area contributed by atoms with Crippen LogP contribution in [0, 0.1) is 11.3 Å². The van der Waals surface area contributed by atoms with Crippen LogP contribution in [0.1, 0.15) is 19.3 Å². The second-order valence-corrected chi connectivity index (χ2v) is 7.47. The molecule has 0 aromatic carbocycles. The highest BCUT2D eigenvalue weighted by atomic mass is 32.2. The van der Waals surface area contributed by atoms with Crippen LogP contribution in [0.2, 0.25) is 0 Å². The molecule has 3 rings (SSSR count). The molecule has 3 heterocycles. The molecule has 0 aliphatic carbocycles. The van der Waals surface area contributed by atoms with Crippen LogP contribution in [0.25, 0.3) is 10.7 Å². The van der Waals surface area contributed by atoms with Gasteiger partial charge in [-0.25, -0.2) is 0 Å². The molecule has 0 radical (unpaired) electrons. The van der Waals surface area contributed by atoms with Gasteiger partial charge in [0.15, 0.2) is 11.0 Å². The van der Waals surface area contributed by atoms with Crippen molar-refractivity contribution in [1.82, 2.24) is 20.1 Å². The van der Waals surface area contributed by atoms with E-state index in [2.05, 4.69) is 20.1 Å². The highest BCUT2D eigenvalue weighted by Gasteiger charge is 2.22. The predicted molar refractivity (Wildman–Crippen MR) is 96.3 cm³/mol. The minimum atomic E-state index is -0.107. The third-order valence-electron chi connectivity index (χ3n) is 3.76. The first-order valence-corrected chi connectivity index (χ1v) is 9.99. The van der Waals surface area contributed by atoms with Gasteiger partial charge in [0.25, 0.3) is 0 Å². The summed E-state index contributed by atoms with van der Waals surface area (Å²) in [4.78, 5) is 12.9. The molecule has 1 amide bonds. The topological polar surface area (TPSA) is 92.8 Å². The quantitative estimate of drug-likeness (QED) is 0.560. The van der Waals surface area contributed by atoms with Crippen LogP contribution in [0.3, 0.4) is 0 Å². The number of aromatic nitrogens is 3. The molecule has 1 fully saturated rings. The molecule has 7 nitrogen and oxygen atoms in total. The molecule has 0 bridgehead atoms. The second-order valence-electron chi connectivity index (χ2n) is 5.58. The number of thiophene rings is 1. The Morgan fingerprint density at radius 2 is 2.48 bits per heavy atom. The number of carbonyl (C=O) groups is 1. The zero-order chi connectivity index (χ0) is 17.5. The van der Waals surface area contributed by atoms with Crippen molar-refractivity contribution < 1.29 is 9.53 Å². The Morgan fingerprint density at radius 3 is 3.20 bits per heavy atom. The zero-order valence-electron chi connectivity index (χ0n) is 13.7. The van der Waals surface area contributed by atoms with Crippen molar-refractivity contribution in [3.05, 3.63) is 17.5 Å². The van der Waals surface area contributed by atoms with Crippen molar-refractivity contribution >= 4 is 29.0 Å². The minimum Gasteiger partial charge on any atom is -0.376 e. The Balaban J connectivity index is 1.69. The number of nitrogens with one attached hydrogen (secondary N) is 1. The van der Waals surface area contributed by atoms with E-state index in [1.54, 1.807) is 11.3 Å². The normalized spacial score (nSPS) is 16.7. The molecule has 1 N–H and O–H groups in total. The molecule has 1 aliphatic heterocycles. The summed E-state index contributed by atoms with van der Waals surface area (Å²) in [6.45, 7) is 1.86. The third-order valence-corrected chi connectivity index (χ3v) is 5.59. The van der Waals surface area contributed by atoms with Gasteiger partial charge in [0, 0.05) is 13.2 Å². The Morgan fingerprint density at radius 1 is 1.56 bits per heavy atom. The average molecular weight is 377 g/mol. The van der Waals surface area contributed by atoms with E-state index in [-0.39, 0.29) is 17.8 Å². The van der Waals surface area contributed by atoms with E-state index >= 15 is 0 Å². The summed E-state index contributed by atoms with van der Waals surface area (Å²) in [7, 11) is 0. The summed E-state index contributed by atoms with van der Waals surface area (Å²) in [5.74, 6) is 0.960. The standard InChI is InChI=1S/C16H19N5O2S2/c17-6-3-7-18-14(22)11-25-16-20-19-15(13-5-2-9-24-13)21(16)10-12-4-1-8-23-12/h2,5,9,12H,1,3-4,7-8,10-11H2,(H,18,22)/t12-/m1/s1. The molecule has 2 aromatic heterocycles. The molecule has 25 heavy (non-hydrogen) atoms. The lowest BCUT2D eigenvalue weighted by Crippen LogP contribution is -2.26. The maximum absolute atomic E-state index is 11.9. The fraction of sp³-hybridized carbons (Fsp3) is 0.500. The largest absolute Gasteiger partial charge is 0.376 e. The number of amides is 1. The van der Waals surface area contributed by atoms with Crippen molar-refractivity contribution in [2.24, 2.45) is 0 Å². The zero-order valence-corrected chi connectivity index (χ0v) is 15.3. The van der Waals surface area contributed by atoms with E-state index in [1.807, 2.05) is 23.6 Å². The highest BCUT2D eigenvalue weighted by Crippen LogP contribution is 2.28. The maximum atomic E-state index is 11.9. The number of hydrogen-bond acceptors (Lipinski definition) is 7. The van der Waals surface area contributed by atoms with Crippen LogP contribution >= 0.6 is 23.1 Å². The molecule has 132 valence electrons. The fourth-order valence-electron chi connectivity index (χ4n) is 2.58. The van der Waals surface area contributed by atoms with Crippen LogP contribution in [0.5, 0.6) is 0 Å². The van der Waals surface area contributed by atoms with Crippen molar-refractivity contribution in [2.75, 3.05) is 18.9 Å². The Kier molecular flexibility index (Phi) is 6.44. The second kappa shape index (κ2) is 8.99. The van der Waals surface area contributed by atoms with Gasteiger partial charge in [0.05, 0.1) is 35.8 Å². The van der Waals surface area contributed by atoms with E-state index in [1.165, 1.54) is 11.8 Å². The number of nitrogens with zero attached hydrogens (tertiary/aromatic N) is 4. The van der Waals surface area contributed by atoms with E-state index in [9.17, 15) is 4.79 Å². The van der Waals surface area contributed by atoms with Crippen LogP contribution in [-0.4, -0.2) is 45.7 Å². The van der Waals surface area contributed by atoms with Gasteiger partial charge in [0.2, 0.25) is 5.91 Å². The maximum Gasteiger partial charge on any atom is 0.230 e. The summed E-state index contributed by atoms with van der Waals surface area (Å²) in [5.41, 5.74) is 0. The summed E-state index contributed by atoms with van der Waals surface area (Å²) >= 11 is 2.97. The van der Waals surface area contributed by atoms with Crippen LogP contribution in [0.15, 0.2) is 22.7 Å². The van der Waals surface area contributed by atoms with Gasteiger partial charge < -0.3 is 10.1 Å². The number of nitriles is 1. The van der Waals surface area contributed by atoms with Gasteiger partial charge in [-0.15, -0.1) is 21.5 Å². The van der Waals surface area contributed by atoms with E-state index in [4.69, 9.17) is 10.00 Å². The first-order valence-electron chi connectivity index (χ1n) is 8.13. The van der Waals surface area contributed by atoms with Crippen molar-refractivity contribution in [1.29, 1.82) is 5.26 Å². The third kappa shape index (κ3) is 4.81. The van der Waals surface area contributed by atoms with Crippen molar-refractivity contribution in [3.8, 4) is 16.8 Å². The number of hydrogen-bond donors (Lipinski definition) is 1. The van der Waals surface area contributed by atoms with E-state index in [0.29, 0.717) is 24.7 Å². The molecule has 0 spiro atoms. The Labute approximate surface area is 154 Å². The van der Waals surface area contributed by atoms with Gasteiger partial charge in [-0.3, -0.25) is 9.36 Å². The number of rotatable bonds is 8. The van der Waals surface area contributed by atoms with Crippen LogP contribution < -0.4 is 5.32 Å². The molecule has 0 unspecified atom stereocenters. The molecule has 9 heteroatoms. The molecular weight excluding hydrogens is 358 g/mol. The molecule has 0 saturated carbocycles. The first kappa shape index (κ1) is 17.9. The predicted octanol–water partition coefficient (Wildman–Crippen LogP) is 2.31. The van der Waals surface area contributed by atoms with Crippen molar-refractivity contribution in [2.45, 2.75) is 37.1 Å². The molecular formula is C16H19N5O2S2. The van der Waals surface area contributed by atoms with Gasteiger partial charge in [-0.05, 0) is 24.3 Å². The molecule has 2 aromatic rings. The van der Waals surface area contributed by atoms with E-state index < -0.39 is 0 Å². The SMILES string of the molecule is N#CCCNC(=O)CSc1nnc(-c2cccs2)n1C[C@H]1CCCO1. The lowest BCUT2D eigenvalue weighted by molar-refractivity contribution is -0.118. The summed E-state index contributed by atoms with van der Waals surface area (Å²) < 4.78 is 7.80. The molecule has 1 aliphatic rings. The van der Waals surface area contributed by atoms with Gasteiger partial charge >= 0.3 is 0 Å². The number of carbonyl (C=O) groups excluding carboxylic acids is 1. The smallest absolute Gasteiger partial charge is 0.230 e. The van der Waals surface area contributed by atoms with Crippen molar-refractivity contribution in [3.63, 3.8) is 0 Å². The lowest BCUT2D eigenvalue weighted by atomic mass is 10.2. The average Bonchev–Trinajstić information content (AvgIpc) is 3.36. The molecule has 1 atom stereocenters. The van der Waals surface area contributed by atoms with Crippen LogP contribution in [0.4, 0.5) is 0 Å². The summed E-state index contributed by atoms with van der Waals surface area (Å²) in [6, 6.07) is 6.01. The van der Waals surface area contributed by atoms with Gasteiger partial charge in [-0.2, -0.15) is 5.26 Å². The van der Waals surface area contributed by atoms with Gasteiger partial charge in [-0.1, -0.05) is 17.8 Å². The number of ether oxygens (including phenoxy) is 1. The lowest BCUT2D eigenvalue weighted by Gasteiger charge is -2.14. The monoisotopic (exact) mass is 377 g/mol. The summed E-state index contributed by atoms with van der Waals surface area (Å²) in [5, 5.41) is 22.6. The Bertz CT molecular complexity index is 732. The number of thioether (sulfide) groups is 1. The van der Waals surface area contributed by atoms with E-state index in [0.717, 1.165) is 30.2 Å². The minimum absolute atomic E-state index is 0.107. The van der Waals surface area contributed by atoms with Crippen LogP contribution in [-0.2, 0) is 16.1 Å². The molecule has 1 saturated heterocycles. The summed E-state index contributed by atoms with van der Waals surface area (Å²) in [6.07, 6.45) is 2.58. The van der Waals surface area contributed by atoms with Gasteiger partial charge in [0.1, 0.15) is 0 Å². The fourth-order valence-corrected chi connectivity index (χ4v) is 4.07. The first-order chi connectivity index (χ1) is 12.3.